The molecule has 4 rings (SSSR count). The molecule has 2 aromatic carbocycles. The van der Waals surface area contributed by atoms with E-state index in [-0.39, 0.29) is 12.1 Å². The number of aryl methyl sites for hydroxylation is 1. The van der Waals surface area contributed by atoms with Gasteiger partial charge in [0.15, 0.2) is 0 Å². The summed E-state index contributed by atoms with van der Waals surface area (Å²) in [5, 5.41) is 3.49. The molecule has 0 aliphatic carbocycles. The normalized spacial score (nSPS) is 14.3. The lowest BCUT2D eigenvalue weighted by atomic mass is 10.1. The number of para-hydroxylation sites is 1. The predicted octanol–water partition coefficient (Wildman–Crippen LogP) is 5.28. The number of nitrogens with zero attached hydrogens (tertiary/aromatic N) is 3. The Bertz CT molecular complexity index is 1090. The summed E-state index contributed by atoms with van der Waals surface area (Å²) in [6.07, 6.45) is 2.46. The van der Waals surface area contributed by atoms with Gasteiger partial charge in [-0.05, 0) is 43.5 Å². The minimum Gasteiger partial charge on any atom is -0.459 e. The van der Waals surface area contributed by atoms with Crippen LogP contribution in [0, 0.1) is 0 Å². The molecule has 6 heteroatoms. The fraction of sp³-hybridized carbons (Fsp3) is 0.357. The van der Waals surface area contributed by atoms with Crippen LogP contribution in [0.2, 0.25) is 0 Å². The third kappa shape index (κ3) is 5.75. The maximum absolute atomic E-state index is 13.3. The number of hydrogen-bond acceptors (Lipinski definition) is 6. The maximum Gasteiger partial charge on any atom is 0.344 e. The van der Waals surface area contributed by atoms with E-state index in [9.17, 15) is 4.79 Å². The van der Waals surface area contributed by atoms with Crippen molar-refractivity contribution in [1.82, 2.24) is 9.88 Å². The lowest BCUT2D eigenvalue weighted by Gasteiger charge is -2.36. The van der Waals surface area contributed by atoms with E-state index in [1.165, 1.54) is 11.1 Å². The van der Waals surface area contributed by atoms with Gasteiger partial charge in [0.25, 0.3) is 0 Å². The summed E-state index contributed by atoms with van der Waals surface area (Å²) in [6.45, 7) is 10.2. The number of nitrogens with one attached hydrogen (secondary N) is 1. The van der Waals surface area contributed by atoms with Gasteiger partial charge in [-0.1, -0.05) is 55.5 Å². The molecule has 0 unspecified atom stereocenters. The van der Waals surface area contributed by atoms with Gasteiger partial charge in [-0.2, -0.15) is 0 Å². The highest BCUT2D eigenvalue weighted by atomic mass is 16.5. The van der Waals surface area contributed by atoms with E-state index in [0.717, 1.165) is 50.5 Å². The van der Waals surface area contributed by atoms with Gasteiger partial charge >= 0.3 is 5.97 Å². The molecular weight excluding hydrogens is 424 g/mol. The first-order valence-corrected chi connectivity index (χ1v) is 12.1. The van der Waals surface area contributed by atoms with Gasteiger partial charge in [0.2, 0.25) is 0 Å². The van der Waals surface area contributed by atoms with Crippen molar-refractivity contribution in [2.45, 2.75) is 39.8 Å². The Kier molecular flexibility index (Phi) is 7.80. The minimum absolute atomic E-state index is 0.209. The lowest BCUT2D eigenvalue weighted by molar-refractivity contribution is 0.0379. The molecule has 1 saturated heterocycles. The zero-order valence-corrected chi connectivity index (χ0v) is 20.3. The van der Waals surface area contributed by atoms with Crippen LogP contribution in [0.15, 0.2) is 66.9 Å². The second-order valence-corrected chi connectivity index (χ2v) is 8.90. The highest BCUT2D eigenvalue weighted by molar-refractivity contribution is 6.01. The van der Waals surface area contributed by atoms with E-state index in [2.05, 4.69) is 57.4 Å². The summed E-state index contributed by atoms with van der Waals surface area (Å²) in [5.74, 6) is 0.338. The van der Waals surface area contributed by atoms with Crippen LogP contribution in [0.25, 0.3) is 0 Å². The van der Waals surface area contributed by atoms with Gasteiger partial charge in [-0.15, -0.1) is 0 Å². The van der Waals surface area contributed by atoms with Crippen molar-refractivity contribution in [2.75, 3.05) is 36.4 Å². The molecular formula is C28H34N4O2. The van der Waals surface area contributed by atoms with Gasteiger partial charge in [0.1, 0.15) is 11.4 Å². The van der Waals surface area contributed by atoms with Gasteiger partial charge in [0.05, 0.1) is 11.8 Å². The Morgan fingerprint density at radius 2 is 1.68 bits per heavy atom. The summed E-state index contributed by atoms with van der Waals surface area (Å²) in [6, 6.07) is 20.6. The first-order valence-electron chi connectivity index (χ1n) is 12.1. The third-order valence-corrected chi connectivity index (χ3v) is 6.07. The fourth-order valence-electron chi connectivity index (χ4n) is 4.32. The van der Waals surface area contributed by atoms with E-state index in [1.807, 2.05) is 44.2 Å². The smallest absolute Gasteiger partial charge is 0.344 e. The van der Waals surface area contributed by atoms with E-state index in [1.54, 1.807) is 6.20 Å². The average Bonchev–Trinajstić information content (AvgIpc) is 2.85. The van der Waals surface area contributed by atoms with Crippen LogP contribution in [-0.4, -0.2) is 48.1 Å². The van der Waals surface area contributed by atoms with E-state index >= 15 is 0 Å². The highest BCUT2D eigenvalue weighted by Crippen LogP contribution is 2.31. The molecule has 34 heavy (non-hydrogen) atoms. The van der Waals surface area contributed by atoms with Crippen molar-refractivity contribution in [3.8, 4) is 0 Å². The molecule has 1 fully saturated rings. The highest BCUT2D eigenvalue weighted by Gasteiger charge is 2.27. The topological polar surface area (TPSA) is 57.7 Å². The largest absolute Gasteiger partial charge is 0.459 e. The Morgan fingerprint density at radius 3 is 2.38 bits per heavy atom. The minimum atomic E-state index is -0.346. The van der Waals surface area contributed by atoms with E-state index in [0.29, 0.717) is 11.4 Å². The second kappa shape index (κ2) is 11.2. The molecule has 2 heterocycles. The van der Waals surface area contributed by atoms with Crippen molar-refractivity contribution < 1.29 is 9.53 Å². The van der Waals surface area contributed by atoms with Crippen molar-refractivity contribution >= 4 is 23.2 Å². The number of piperazine rings is 1. The number of anilines is 3. The molecule has 1 aliphatic heterocycles. The molecule has 0 bridgehead atoms. The molecule has 6 nitrogen and oxygen atoms in total. The first-order chi connectivity index (χ1) is 16.5. The molecule has 3 aromatic rings. The molecule has 1 N–H and O–H groups in total. The number of benzene rings is 2. The number of rotatable bonds is 8. The molecule has 1 aliphatic rings. The van der Waals surface area contributed by atoms with Crippen molar-refractivity contribution in [3.05, 3.63) is 83.6 Å². The van der Waals surface area contributed by atoms with Crippen LogP contribution >= 0.6 is 0 Å². The molecule has 0 saturated carbocycles. The standard InChI is InChI=1S/C28H34N4O2/c1-4-23-12-8-9-13-24(23)30-25-14-15-29-27(26(25)28(33)34-21(2)3)32-18-16-31(17-19-32)20-22-10-6-5-7-11-22/h5-15,21H,4,16-20H2,1-3H3,(H,29,30). The van der Waals surface area contributed by atoms with Crippen LogP contribution in [0.5, 0.6) is 0 Å². The summed E-state index contributed by atoms with van der Waals surface area (Å²) in [5.41, 5.74) is 4.73. The number of carbonyl (C=O) groups is 1. The number of esters is 1. The number of carbonyl (C=O) groups excluding carboxylic acids is 1. The molecule has 0 atom stereocenters. The van der Waals surface area contributed by atoms with Crippen molar-refractivity contribution in [2.24, 2.45) is 0 Å². The Balaban J connectivity index is 1.58. The Labute approximate surface area is 202 Å². The van der Waals surface area contributed by atoms with Crippen molar-refractivity contribution in [3.63, 3.8) is 0 Å². The lowest BCUT2D eigenvalue weighted by Crippen LogP contribution is -2.46. The summed E-state index contributed by atoms with van der Waals surface area (Å²) in [7, 11) is 0. The SMILES string of the molecule is CCc1ccccc1Nc1ccnc(N2CCN(Cc3ccccc3)CC2)c1C(=O)OC(C)C. The number of pyridine rings is 1. The Hall–Kier alpha value is -3.38. The molecule has 0 radical (unpaired) electrons. The summed E-state index contributed by atoms with van der Waals surface area (Å²) < 4.78 is 5.65. The van der Waals surface area contributed by atoms with Gasteiger partial charge in [-0.3, -0.25) is 4.90 Å². The first kappa shape index (κ1) is 23.8. The number of ether oxygens (including phenoxy) is 1. The molecule has 1 aromatic heterocycles. The Morgan fingerprint density at radius 1 is 0.971 bits per heavy atom. The van der Waals surface area contributed by atoms with Gasteiger partial charge in [-0.25, -0.2) is 9.78 Å². The molecule has 0 amide bonds. The summed E-state index contributed by atoms with van der Waals surface area (Å²) >= 11 is 0. The molecule has 178 valence electrons. The number of aromatic nitrogens is 1. The fourth-order valence-corrected chi connectivity index (χ4v) is 4.32. The van der Waals surface area contributed by atoms with E-state index in [4.69, 9.17) is 4.74 Å². The van der Waals surface area contributed by atoms with Crippen LogP contribution in [0.1, 0.15) is 42.3 Å². The zero-order chi connectivity index (χ0) is 23.9. The quantitative estimate of drug-likeness (QED) is 0.464. The van der Waals surface area contributed by atoms with Gasteiger partial charge < -0.3 is 15.0 Å². The van der Waals surface area contributed by atoms with Crippen LogP contribution in [0.4, 0.5) is 17.2 Å². The van der Waals surface area contributed by atoms with Crippen LogP contribution in [0.3, 0.4) is 0 Å². The monoisotopic (exact) mass is 458 g/mol. The maximum atomic E-state index is 13.3. The van der Waals surface area contributed by atoms with E-state index < -0.39 is 0 Å². The van der Waals surface area contributed by atoms with Crippen LogP contribution < -0.4 is 10.2 Å². The number of hydrogen-bond donors (Lipinski definition) is 1. The van der Waals surface area contributed by atoms with Crippen molar-refractivity contribution in [1.29, 1.82) is 0 Å². The second-order valence-electron chi connectivity index (χ2n) is 8.90. The average molecular weight is 459 g/mol. The third-order valence-electron chi connectivity index (χ3n) is 6.07. The molecule has 0 spiro atoms. The predicted molar refractivity (Wildman–Crippen MR) is 138 cm³/mol. The zero-order valence-electron chi connectivity index (χ0n) is 20.3. The van der Waals surface area contributed by atoms with Crippen LogP contribution in [-0.2, 0) is 17.7 Å². The summed E-state index contributed by atoms with van der Waals surface area (Å²) in [4.78, 5) is 22.5. The van der Waals surface area contributed by atoms with Gasteiger partial charge in [0, 0.05) is 44.6 Å².